The van der Waals surface area contributed by atoms with Gasteiger partial charge < -0.3 is 9.68 Å². The monoisotopic (exact) mass is 1700 g/mol. The normalized spacial score (nSPS) is 10.7. The molecule has 0 aliphatic rings. The molecule has 16 heteroatoms. The van der Waals surface area contributed by atoms with Gasteiger partial charge >= 0.3 is 7.69 Å². The van der Waals surface area contributed by atoms with E-state index in [1.54, 1.807) is 12.1 Å². The van der Waals surface area contributed by atoms with Crippen LogP contribution in [-0.2, 0) is 0 Å². The average molecular weight is 1700 g/mol. The number of hydrogen-bond acceptors (Lipinski definition) is 12. The van der Waals surface area contributed by atoms with Crippen LogP contribution in [-0.4, -0.2) is 62.5 Å². The van der Waals surface area contributed by atoms with Gasteiger partial charge in [0.1, 0.15) is 0 Å². The number of halogens is 3. The van der Waals surface area contributed by atoms with Crippen LogP contribution in [0.2, 0.25) is 10.6 Å². The van der Waals surface area contributed by atoms with Gasteiger partial charge in [0.2, 0.25) is 10.6 Å². The van der Waals surface area contributed by atoms with Gasteiger partial charge in [-0.1, -0.05) is 322 Å². The van der Waals surface area contributed by atoms with E-state index in [0.29, 0.717) is 36.5 Å². The molecule has 12 nitrogen and oxygen atoms in total. The van der Waals surface area contributed by atoms with Gasteiger partial charge in [0.25, 0.3) is 0 Å². The summed E-state index contributed by atoms with van der Waals surface area (Å²) in [5.41, 5.74) is 26.8. The van der Waals surface area contributed by atoms with Gasteiger partial charge in [-0.25, -0.2) is 49.8 Å². The first-order chi connectivity index (χ1) is 58.7. The molecule has 0 unspecified atom stereocenters. The van der Waals surface area contributed by atoms with E-state index in [0.717, 1.165) is 157 Å². The molecule has 0 aliphatic heterocycles. The summed E-state index contributed by atoms with van der Waals surface area (Å²) in [4.78, 5) is 49.8. The van der Waals surface area contributed by atoms with Gasteiger partial charge in [0.15, 0.2) is 11.6 Å². The van der Waals surface area contributed by atoms with Gasteiger partial charge in [-0.2, -0.15) is 0 Å². The molecule has 120 heavy (non-hydrogen) atoms. The lowest BCUT2D eigenvalue weighted by molar-refractivity contribution is 0.454. The second kappa shape index (κ2) is 38.1. The first-order valence-corrected chi connectivity index (χ1v) is 39.4. The molecule has 0 bridgehead atoms. The topological polar surface area (TPSA) is 158 Å². The fourth-order valence-electron chi connectivity index (χ4n) is 13.9. The zero-order valence-corrected chi connectivity index (χ0v) is 68.2. The Hall–Kier alpha value is -14.4. The largest absolute Gasteiger partial charge is 0.569 e. The Morgan fingerprint density at radius 3 is 0.583 bits per heavy atom. The summed E-state index contributed by atoms with van der Waals surface area (Å²) in [5, 5.41) is 8.48. The summed E-state index contributed by atoms with van der Waals surface area (Å²) >= 11 is 13.2. The standard InChI is InChI=1S/C55H37N5.C43H27Cl2N5.C6H6BO2.HI/c1-7-19-38(20-8-1)44-34-48(39-21-9-2-10-22-39)56-49(35-44)45-31-46(52-36-50(40-23-11-3-12-24-40)57-54(59-52)42-27-15-5-16-28-42)33-47(32-45)53-37-51(41-25-13-4-14-26-41)58-55(60-53)43-29-17-6-18-30-43;44-42-47-38(30-17-9-3-10-18-30)26-40(49-42)34-21-33(22-35(23-34)41-27-39(48-43(45)50-41)31-19-11-4-12-20-31)37-25-32(28-13-5-1-6-14-28)24-36(46-37)29-15-7-2-8-16-29;8-7-9-6-4-2-1-3-5-6;/h1-37H;1-27H;1-5,8H;1H. The zero-order chi connectivity index (χ0) is 80.5. The zero-order valence-electron chi connectivity index (χ0n) is 64.4. The lowest BCUT2D eigenvalue weighted by atomic mass is 9.95. The van der Waals surface area contributed by atoms with Crippen molar-refractivity contribution in [3.63, 3.8) is 0 Å². The number of rotatable bonds is 18. The van der Waals surface area contributed by atoms with Crippen LogP contribution in [0.25, 0.3) is 180 Å². The van der Waals surface area contributed by atoms with Gasteiger partial charge in [-0.3, -0.25) is 0 Å². The molecule has 1 radical (unpaired) electrons. The Balaban J connectivity index is 0.000000162. The summed E-state index contributed by atoms with van der Waals surface area (Å²) in [7, 11) is 0.662. The maximum atomic E-state index is 8.17. The molecule has 6 heterocycles. The third-order valence-electron chi connectivity index (χ3n) is 19.8. The Labute approximate surface area is 723 Å². The van der Waals surface area contributed by atoms with Crippen molar-refractivity contribution in [2.75, 3.05) is 0 Å². The maximum Gasteiger partial charge on any atom is 0.569 e. The second-order valence-corrected chi connectivity index (χ2v) is 28.5. The highest BCUT2D eigenvalue weighted by Crippen LogP contribution is 2.41. The number of pyridine rings is 2. The molecule has 573 valence electrons. The SMILES string of the molecule is Clc1nc(-c2ccccc2)cc(-c2cc(-c3cc(-c4ccccc4)cc(-c4ccccc4)n3)cc(-c3cc(-c4ccccc4)nc(Cl)n3)c2)n1.I.O[B]Oc1ccccc1.c1ccc(-c2cc(-c3ccccc3)nc(-c3cc(-c4cc(-c5ccccc5)nc(-c5ccccc5)n4)cc(-c4cc(-c5ccccc5)nc(-c5ccccc5)n4)c3)c2)cc1. The summed E-state index contributed by atoms with van der Waals surface area (Å²) in [6, 6.07) is 141. The molecule has 13 aromatic carbocycles. The number of aromatic nitrogens is 10. The van der Waals surface area contributed by atoms with Crippen molar-refractivity contribution in [1.29, 1.82) is 0 Å². The highest BCUT2D eigenvalue weighted by Gasteiger charge is 2.21. The molecule has 0 saturated heterocycles. The fourth-order valence-corrected chi connectivity index (χ4v) is 14.3. The molecule has 0 atom stereocenters. The second-order valence-electron chi connectivity index (χ2n) is 27.8. The van der Waals surface area contributed by atoms with Crippen LogP contribution in [0, 0.1) is 0 Å². The molecular weight excluding hydrogens is 1630 g/mol. The predicted octanol–water partition coefficient (Wildman–Crippen LogP) is 26.5. The van der Waals surface area contributed by atoms with Crippen molar-refractivity contribution < 1.29 is 9.68 Å². The molecule has 0 saturated carbocycles. The summed E-state index contributed by atoms with van der Waals surface area (Å²) in [5.74, 6) is 1.93. The smallest absolute Gasteiger partial charge is 0.537 e. The van der Waals surface area contributed by atoms with Crippen molar-refractivity contribution in [3.05, 3.63) is 429 Å². The molecular formula is C104H71BCl2IN10O2. The van der Waals surface area contributed by atoms with E-state index in [1.807, 2.05) is 218 Å². The van der Waals surface area contributed by atoms with E-state index >= 15 is 0 Å². The van der Waals surface area contributed by atoms with Crippen molar-refractivity contribution >= 4 is 54.9 Å². The lowest BCUT2D eigenvalue weighted by Crippen LogP contribution is -1.99. The van der Waals surface area contributed by atoms with Crippen molar-refractivity contribution in [2.24, 2.45) is 0 Å². The summed E-state index contributed by atoms with van der Waals surface area (Å²) in [6.07, 6.45) is 0. The minimum Gasteiger partial charge on any atom is -0.537 e. The van der Waals surface area contributed by atoms with E-state index in [4.69, 9.17) is 58.1 Å². The molecule has 6 aromatic heterocycles. The molecule has 1 N–H and O–H groups in total. The van der Waals surface area contributed by atoms with Crippen molar-refractivity contribution in [2.45, 2.75) is 0 Å². The number of nitrogens with zero attached hydrogens (tertiary/aromatic N) is 10. The minimum atomic E-state index is 0. The Kier molecular flexibility index (Phi) is 25.2. The van der Waals surface area contributed by atoms with E-state index in [-0.39, 0.29) is 34.5 Å². The number of hydrogen-bond donors (Lipinski definition) is 1. The quantitative estimate of drug-likeness (QED) is 0.0493. The summed E-state index contributed by atoms with van der Waals surface area (Å²) in [6.45, 7) is 0. The van der Waals surface area contributed by atoms with Gasteiger partial charge in [0.05, 0.1) is 74.1 Å². The molecule has 0 aliphatic carbocycles. The predicted molar refractivity (Wildman–Crippen MR) is 498 cm³/mol. The average Bonchev–Trinajstić information content (AvgIpc) is 0.777. The first-order valence-electron chi connectivity index (χ1n) is 38.6. The van der Waals surface area contributed by atoms with Crippen LogP contribution >= 0.6 is 47.2 Å². The Morgan fingerprint density at radius 2 is 0.350 bits per heavy atom. The Bertz CT molecular complexity index is 5990. The number of benzene rings is 13. The molecule has 19 aromatic rings. The molecule has 0 spiro atoms. The van der Waals surface area contributed by atoms with Crippen LogP contribution < -0.4 is 4.65 Å². The molecule has 0 amide bonds. The summed E-state index contributed by atoms with van der Waals surface area (Å²) < 4.78 is 4.64. The molecule has 0 fully saturated rings. The minimum absolute atomic E-state index is 0. The van der Waals surface area contributed by atoms with Gasteiger partial charge in [-0.05, 0) is 143 Å². The lowest BCUT2D eigenvalue weighted by Gasteiger charge is -2.15. The Morgan fingerprint density at radius 1 is 0.175 bits per heavy atom. The first kappa shape index (κ1) is 79.5. The third-order valence-corrected chi connectivity index (χ3v) is 20.1. The van der Waals surface area contributed by atoms with Crippen molar-refractivity contribution in [1.82, 2.24) is 49.8 Å². The highest BCUT2D eigenvalue weighted by atomic mass is 127. The number of para-hydroxylation sites is 1. The third kappa shape index (κ3) is 19.5. The van der Waals surface area contributed by atoms with Crippen LogP contribution in [0.5, 0.6) is 5.75 Å². The molecule has 19 rings (SSSR count). The highest BCUT2D eigenvalue weighted by molar-refractivity contribution is 14.0. The van der Waals surface area contributed by atoms with Crippen LogP contribution in [0.3, 0.4) is 0 Å². The van der Waals surface area contributed by atoms with E-state index < -0.39 is 0 Å². The van der Waals surface area contributed by atoms with Crippen LogP contribution in [0.4, 0.5) is 0 Å². The fraction of sp³-hybridized carbons (Fsp3) is 0. The van der Waals surface area contributed by atoms with Gasteiger partial charge in [-0.15, -0.1) is 24.0 Å². The van der Waals surface area contributed by atoms with Crippen LogP contribution in [0.15, 0.2) is 419 Å². The van der Waals surface area contributed by atoms with E-state index in [2.05, 4.69) is 213 Å². The maximum absolute atomic E-state index is 8.17. The van der Waals surface area contributed by atoms with E-state index in [1.165, 1.54) is 0 Å². The van der Waals surface area contributed by atoms with Gasteiger partial charge in [0, 0.05) is 77.9 Å². The van der Waals surface area contributed by atoms with Crippen LogP contribution in [0.1, 0.15) is 0 Å². The van der Waals surface area contributed by atoms with Crippen molar-refractivity contribution in [3.8, 4) is 186 Å². The van der Waals surface area contributed by atoms with E-state index in [9.17, 15) is 0 Å².